The van der Waals surface area contributed by atoms with Gasteiger partial charge in [0, 0.05) is 25.8 Å². The molecule has 0 fully saturated rings. The summed E-state index contributed by atoms with van der Waals surface area (Å²) in [5, 5.41) is 0. The van der Waals surface area contributed by atoms with Gasteiger partial charge in [0.2, 0.25) is 0 Å². The number of benzene rings is 1. The SMILES string of the molecule is COCCC/C(C=NC(C)c1cc(F)c(OC)c(F)c1)=C/C(C)C1=CCC(C=O)C=C1. The molecular weight excluding hydrogens is 400 g/mol. The molecule has 1 aromatic carbocycles. The van der Waals surface area contributed by atoms with E-state index >= 15 is 0 Å². The predicted molar refractivity (Wildman–Crippen MR) is 120 cm³/mol. The Morgan fingerprint density at radius 3 is 2.52 bits per heavy atom. The zero-order chi connectivity index (χ0) is 22.8. The summed E-state index contributed by atoms with van der Waals surface area (Å²) >= 11 is 0. The van der Waals surface area contributed by atoms with Crippen LogP contribution in [0.3, 0.4) is 0 Å². The fourth-order valence-corrected chi connectivity index (χ4v) is 3.43. The van der Waals surface area contributed by atoms with Crippen molar-refractivity contribution < 1.29 is 23.0 Å². The van der Waals surface area contributed by atoms with Crippen molar-refractivity contribution in [1.82, 2.24) is 0 Å². The molecule has 1 aromatic rings. The molecule has 0 amide bonds. The summed E-state index contributed by atoms with van der Waals surface area (Å²) in [4.78, 5) is 15.5. The molecule has 3 unspecified atom stereocenters. The smallest absolute Gasteiger partial charge is 0.190 e. The molecule has 1 aliphatic rings. The fraction of sp³-hybridized carbons (Fsp3) is 0.440. The van der Waals surface area contributed by atoms with Gasteiger partial charge in [0.05, 0.1) is 13.2 Å². The molecule has 0 aliphatic heterocycles. The summed E-state index contributed by atoms with van der Waals surface area (Å²) in [6.07, 6.45) is 13.2. The summed E-state index contributed by atoms with van der Waals surface area (Å²) in [5.41, 5.74) is 2.62. The lowest BCUT2D eigenvalue weighted by molar-refractivity contribution is -0.109. The van der Waals surface area contributed by atoms with Gasteiger partial charge >= 0.3 is 0 Å². The van der Waals surface area contributed by atoms with Gasteiger partial charge in [-0.1, -0.05) is 31.2 Å². The van der Waals surface area contributed by atoms with Gasteiger partial charge < -0.3 is 14.3 Å². The second-order valence-corrected chi connectivity index (χ2v) is 7.70. The lowest BCUT2D eigenvalue weighted by Gasteiger charge is -2.16. The normalized spacial score (nSPS) is 18.7. The summed E-state index contributed by atoms with van der Waals surface area (Å²) in [5.74, 6) is -1.77. The third-order valence-electron chi connectivity index (χ3n) is 5.31. The highest BCUT2D eigenvalue weighted by molar-refractivity contribution is 5.79. The molecule has 2 rings (SSSR count). The Morgan fingerprint density at radius 2 is 1.97 bits per heavy atom. The van der Waals surface area contributed by atoms with Gasteiger partial charge in [0.1, 0.15) is 6.29 Å². The molecule has 0 aromatic heterocycles. The van der Waals surface area contributed by atoms with Crippen molar-refractivity contribution in [1.29, 1.82) is 0 Å². The summed E-state index contributed by atoms with van der Waals surface area (Å²) in [6, 6.07) is 2.09. The van der Waals surface area contributed by atoms with Crippen LogP contribution < -0.4 is 4.74 Å². The maximum absolute atomic E-state index is 14.0. The van der Waals surface area contributed by atoms with E-state index in [2.05, 4.69) is 24.1 Å². The first-order valence-electron chi connectivity index (χ1n) is 10.5. The number of methoxy groups -OCH3 is 2. The van der Waals surface area contributed by atoms with Crippen molar-refractivity contribution in [2.45, 2.75) is 39.2 Å². The summed E-state index contributed by atoms with van der Waals surface area (Å²) in [7, 11) is 2.90. The van der Waals surface area contributed by atoms with Crippen molar-refractivity contribution in [3.05, 3.63) is 64.8 Å². The van der Waals surface area contributed by atoms with Gasteiger partial charge in [0.25, 0.3) is 0 Å². The highest BCUT2D eigenvalue weighted by Gasteiger charge is 2.15. The third kappa shape index (κ3) is 7.24. The molecule has 4 nitrogen and oxygen atoms in total. The molecule has 6 heteroatoms. The van der Waals surface area contributed by atoms with Crippen LogP contribution in [-0.2, 0) is 9.53 Å². The number of hydrogen-bond donors (Lipinski definition) is 0. The predicted octanol–water partition coefficient (Wildman–Crippen LogP) is 5.80. The number of aldehydes is 1. The van der Waals surface area contributed by atoms with Crippen LogP contribution in [-0.4, -0.2) is 33.3 Å². The quantitative estimate of drug-likeness (QED) is 0.253. The molecule has 1 aliphatic carbocycles. The van der Waals surface area contributed by atoms with Gasteiger partial charge in [-0.25, -0.2) is 8.78 Å². The van der Waals surface area contributed by atoms with Gasteiger partial charge in [-0.05, 0) is 60.9 Å². The number of aliphatic imine (C=N–C) groups is 1. The van der Waals surface area contributed by atoms with Crippen molar-refractivity contribution in [2.24, 2.45) is 16.8 Å². The largest absolute Gasteiger partial charge is 0.491 e. The molecule has 3 atom stereocenters. The van der Waals surface area contributed by atoms with E-state index < -0.39 is 17.7 Å². The minimum atomic E-state index is -0.742. The van der Waals surface area contributed by atoms with Crippen LogP contribution in [0.25, 0.3) is 0 Å². The second-order valence-electron chi connectivity index (χ2n) is 7.70. The first-order chi connectivity index (χ1) is 14.9. The van der Waals surface area contributed by atoms with E-state index in [0.29, 0.717) is 18.6 Å². The first-order valence-corrected chi connectivity index (χ1v) is 10.5. The number of halogens is 2. The van der Waals surface area contributed by atoms with E-state index in [9.17, 15) is 13.6 Å². The molecule has 0 saturated heterocycles. The minimum Gasteiger partial charge on any atom is -0.491 e. The maximum Gasteiger partial charge on any atom is 0.190 e. The van der Waals surface area contributed by atoms with E-state index in [-0.39, 0.29) is 17.6 Å². The Hall–Kier alpha value is -2.60. The lowest BCUT2D eigenvalue weighted by Crippen LogP contribution is -2.05. The fourth-order valence-electron chi connectivity index (χ4n) is 3.43. The zero-order valence-corrected chi connectivity index (χ0v) is 18.6. The number of nitrogens with zero attached hydrogens (tertiary/aromatic N) is 1. The zero-order valence-electron chi connectivity index (χ0n) is 18.6. The van der Waals surface area contributed by atoms with Gasteiger partial charge in [0.15, 0.2) is 17.4 Å². The van der Waals surface area contributed by atoms with E-state index in [1.54, 1.807) is 20.2 Å². The standard InChI is InChI=1S/C25H31F2NO3/c1-17(21-9-7-19(16-29)8-10-21)12-20(6-5-11-30-3)15-28-18(2)22-13-23(26)25(31-4)24(27)14-22/h7,9-10,12-19H,5-6,8,11H2,1-4H3/b20-12-,28-15?. The average Bonchev–Trinajstić information content (AvgIpc) is 2.77. The lowest BCUT2D eigenvalue weighted by atomic mass is 9.89. The Kier molecular flexibility index (Phi) is 9.79. The molecular formula is C25H31F2NO3. The van der Waals surface area contributed by atoms with Crippen molar-refractivity contribution >= 4 is 12.5 Å². The van der Waals surface area contributed by atoms with E-state index in [4.69, 9.17) is 9.47 Å². The van der Waals surface area contributed by atoms with Crippen LogP contribution in [0, 0.1) is 23.5 Å². The molecule has 0 saturated carbocycles. The topological polar surface area (TPSA) is 47.9 Å². The van der Waals surface area contributed by atoms with Crippen LogP contribution in [0.15, 0.2) is 52.6 Å². The highest BCUT2D eigenvalue weighted by atomic mass is 19.1. The number of carbonyl (C=O) groups is 1. The van der Waals surface area contributed by atoms with Crippen molar-refractivity contribution in [2.75, 3.05) is 20.8 Å². The monoisotopic (exact) mass is 431 g/mol. The van der Waals surface area contributed by atoms with Crippen LogP contribution in [0.2, 0.25) is 0 Å². The average molecular weight is 432 g/mol. The number of hydrogen-bond acceptors (Lipinski definition) is 4. The molecule has 0 heterocycles. The number of ether oxygens (including phenoxy) is 2. The molecule has 0 spiro atoms. The van der Waals surface area contributed by atoms with E-state index in [1.165, 1.54) is 19.2 Å². The van der Waals surface area contributed by atoms with Crippen molar-refractivity contribution in [3.8, 4) is 5.75 Å². The second kappa shape index (κ2) is 12.3. The third-order valence-corrected chi connectivity index (χ3v) is 5.31. The maximum atomic E-state index is 14.0. The van der Waals surface area contributed by atoms with Gasteiger partial charge in [-0.2, -0.15) is 0 Å². The van der Waals surface area contributed by atoms with Crippen molar-refractivity contribution in [3.63, 3.8) is 0 Å². The van der Waals surface area contributed by atoms with E-state index in [1.807, 2.05) is 12.2 Å². The van der Waals surface area contributed by atoms with Crippen LogP contribution in [0.4, 0.5) is 8.78 Å². The molecule has 0 radical (unpaired) electrons. The Labute approximate surface area is 183 Å². The summed E-state index contributed by atoms with van der Waals surface area (Å²) < 4.78 is 38.0. The molecule has 168 valence electrons. The molecule has 31 heavy (non-hydrogen) atoms. The Bertz CT molecular complexity index is 851. The van der Waals surface area contributed by atoms with Crippen LogP contribution in [0.1, 0.15) is 44.7 Å². The Morgan fingerprint density at radius 1 is 1.26 bits per heavy atom. The minimum absolute atomic E-state index is 0.0474. The number of carbonyl (C=O) groups excluding carboxylic acids is 1. The van der Waals surface area contributed by atoms with Gasteiger partial charge in [-0.3, -0.25) is 4.99 Å². The van der Waals surface area contributed by atoms with E-state index in [0.717, 1.165) is 30.3 Å². The first kappa shape index (κ1) is 24.7. The molecule has 0 bridgehead atoms. The number of rotatable bonds is 11. The highest BCUT2D eigenvalue weighted by Crippen LogP contribution is 2.28. The Balaban J connectivity index is 2.18. The van der Waals surface area contributed by atoms with Crippen LogP contribution >= 0.6 is 0 Å². The summed E-state index contributed by atoms with van der Waals surface area (Å²) in [6.45, 7) is 4.52. The van der Waals surface area contributed by atoms with Gasteiger partial charge in [-0.15, -0.1) is 0 Å². The number of allylic oxidation sites excluding steroid dienone is 6. The molecule has 0 N–H and O–H groups in total. The van der Waals surface area contributed by atoms with Crippen LogP contribution in [0.5, 0.6) is 5.75 Å².